The van der Waals surface area contributed by atoms with E-state index in [9.17, 15) is 9.90 Å². The van der Waals surface area contributed by atoms with Gasteiger partial charge < -0.3 is 5.11 Å². The summed E-state index contributed by atoms with van der Waals surface area (Å²) in [6.45, 7) is 2.00. The van der Waals surface area contributed by atoms with Crippen molar-refractivity contribution in [3.05, 3.63) is 11.6 Å². The fourth-order valence-electron chi connectivity index (χ4n) is 6.96. The lowest BCUT2D eigenvalue weighted by atomic mass is 9.47. The molecule has 2 heteroatoms. The molecule has 7 atom stereocenters. The van der Waals surface area contributed by atoms with Gasteiger partial charge in [0.25, 0.3) is 0 Å². The topological polar surface area (TPSA) is 37.3 Å². The number of ketones is 1. The summed E-state index contributed by atoms with van der Waals surface area (Å²) in [5.74, 6) is 1.46. The van der Waals surface area contributed by atoms with Gasteiger partial charge in [0.2, 0.25) is 0 Å². The van der Waals surface area contributed by atoms with Crippen LogP contribution in [0, 0.1) is 34.5 Å². The third-order valence-corrected chi connectivity index (χ3v) is 8.10. The van der Waals surface area contributed by atoms with E-state index in [1.54, 1.807) is 6.92 Å². The van der Waals surface area contributed by atoms with Gasteiger partial charge in [-0.1, -0.05) is 25.4 Å². The maximum Gasteiger partial charge on any atom is 0.133 e. The van der Waals surface area contributed by atoms with Crippen LogP contribution in [-0.4, -0.2) is 17.0 Å². The average molecular weight is 320 g/mol. The van der Waals surface area contributed by atoms with Crippen molar-refractivity contribution in [2.45, 2.75) is 78.2 Å². The number of aliphatic hydroxyl groups excluding tert-OH is 1. The Morgan fingerprint density at radius 1 is 1.26 bits per heavy atom. The summed E-state index contributed by atoms with van der Waals surface area (Å²) in [4.78, 5) is 12.2. The molecule has 0 amide bonds. The molecule has 128 valence electrons. The van der Waals surface area contributed by atoms with E-state index in [4.69, 9.17) is 4.11 Å². The maximum atomic E-state index is 12.2. The van der Waals surface area contributed by atoms with Crippen molar-refractivity contribution in [1.82, 2.24) is 0 Å². The standard InChI is InChI=1S/C21H32O2/c1-13(22)17-6-7-18-16-5-4-14-12-15(23)8-10-20(14,2)19(16)9-11-21(17,18)3/h4,15-19,23H,5-12H2,1-3H3/t15-,16-,17+,18-,19-,20-,21+/m0/s1/i2D3. The van der Waals surface area contributed by atoms with Crippen LogP contribution < -0.4 is 0 Å². The quantitative estimate of drug-likeness (QED) is 0.722. The molecular formula is C21H32O2. The highest BCUT2D eigenvalue weighted by Crippen LogP contribution is 2.66. The van der Waals surface area contributed by atoms with E-state index in [1.165, 1.54) is 0 Å². The first kappa shape index (κ1) is 12.7. The third-order valence-electron chi connectivity index (χ3n) is 8.10. The van der Waals surface area contributed by atoms with Gasteiger partial charge in [0.1, 0.15) is 5.78 Å². The zero-order valence-electron chi connectivity index (χ0n) is 17.5. The number of aliphatic hydroxyl groups is 1. The SMILES string of the molecule is [2H]C([2H])([2H])[C@]12CC[C@H](O)CC1=CC[C@H]1[C@@H]3CC[C@H](C(C)=O)[C@@]3(C)CC[C@@H]12. The lowest BCUT2D eigenvalue weighted by Gasteiger charge is -2.57. The van der Waals surface area contributed by atoms with Gasteiger partial charge in [0, 0.05) is 10.0 Å². The summed E-state index contributed by atoms with van der Waals surface area (Å²) in [7, 11) is 0. The molecule has 4 rings (SSSR count). The smallest absolute Gasteiger partial charge is 0.133 e. The van der Waals surface area contributed by atoms with E-state index < -0.39 is 18.4 Å². The van der Waals surface area contributed by atoms with E-state index >= 15 is 0 Å². The van der Waals surface area contributed by atoms with Gasteiger partial charge in [-0.25, -0.2) is 0 Å². The van der Waals surface area contributed by atoms with Crippen LogP contribution in [-0.2, 0) is 4.79 Å². The highest BCUT2D eigenvalue weighted by atomic mass is 16.3. The molecule has 4 aliphatic carbocycles. The lowest BCUT2D eigenvalue weighted by molar-refractivity contribution is -0.127. The normalized spacial score (nSPS) is 54.7. The van der Waals surface area contributed by atoms with E-state index in [2.05, 4.69) is 13.0 Å². The second-order valence-electron chi connectivity index (χ2n) is 8.99. The minimum absolute atomic E-state index is 0.0441. The van der Waals surface area contributed by atoms with Crippen molar-refractivity contribution in [3.63, 3.8) is 0 Å². The number of Topliss-reactive ketones (excluding diaryl/α,β-unsaturated/α-hetero) is 1. The molecule has 0 aromatic rings. The van der Waals surface area contributed by atoms with Crippen molar-refractivity contribution in [1.29, 1.82) is 0 Å². The van der Waals surface area contributed by atoms with E-state index in [-0.39, 0.29) is 17.3 Å². The number of fused-ring (bicyclic) bond motifs is 5. The Labute approximate surface area is 144 Å². The molecule has 23 heavy (non-hydrogen) atoms. The van der Waals surface area contributed by atoms with Crippen LogP contribution in [0.25, 0.3) is 0 Å². The summed E-state index contributed by atoms with van der Waals surface area (Å²) in [5.41, 5.74) is 0.301. The molecule has 0 aromatic carbocycles. The minimum atomic E-state index is -2.02. The van der Waals surface area contributed by atoms with Crippen molar-refractivity contribution in [2.24, 2.45) is 34.5 Å². The number of allylic oxidation sites excluding steroid dienone is 1. The Bertz CT molecular complexity index is 640. The molecule has 1 N–H and O–H groups in total. The van der Waals surface area contributed by atoms with Crippen molar-refractivity contribution in [3.8, 4) is 0 Å². The van der Waals surface area contributed by atoms with Crippen LogP contribution in [0.15, 0.2) is 11.6 Å². The van der Waals surface area contributed by atoms with Gasteiger partial charge in [0.05, 0.1) is 6.10 Å². The largest absolute Gasteiger partial charge is 0.393 e. The molecule has 0 unspecified atom stereocenters. The molecule has 0 bridgehead atoms. The molecule has 0 spiro atoms. The second-order valence-corrected chi connectivity index (χ2v) is 8.99. The Balaban J connectivity index is 1.75. The number of hydrogen-bond donors (Lipinski definition) is 1. The van der Waals surface area contributed by atoms with Gasteiger partial charge in [-0.3, -0.25) is 4.79 Å². The molecule has 0 saturated heterocycles. The fourth-order valence-corrected chi connectivity index (χ4v) is 6.96. The molecule has 3 fully saturated rings. The first-order valence-electron chi connectivity index (χ1n) is 11.0. The number of carbonyl (C=O) groups is 1. The van der Waals surface area contributed by atoms with Crippen LogP contribution in [0.5, 0.6) is 0 Å². The lowest BCUT2D eigenvalue weighted by Crippen LogP contribution is -2.50. The minimum Gasteiger partial charge on any atom is -0.393 e. The maximum absolute atomic E-state index is 12.2. The molecule has 3 saturated carbocycles. The van der Waals surface area contributed by atoms with Gasteiger partial charge >= 0.3 is 0 Å². The fraction of sp³-hybridized carbons (Fsp3) is 0.857. The Hall–Kier alpha value is -0.630. The van der Waals surface area contributed by atoms with Crippen molar-refractivity contribution < 1.29 is 14.0 Å². The molecule has 0 aliphatic heterocycles. The Morgan fingerprint density at radius 2 is 2.09 bits per heavy atom. The molecule has 0 heterocycles. The van der Waals surface area contributed by atoms with Crippen LogP contribution in [0.4, 0.5) is 0 Å². The highest BCUT2D eigenvalue weighted by molar-refractivity contribution is 5.79. The number of carbonyl (C=O) groups excluding carboxylic acids is 1. The van der Waals surface area contributed by atoms with Gasteiger partial charge in [0.15, 0.2) is 0 Å². The summed E-state index contributed by atoms with van der Waals surface area (Å²) < 4.78 is 25.3. The van der Waals surface area contributed by atoms with Crippen LogP contribution in [0.3, 0.4) is 0 Å². The number of rotatable bonds is 1. The summed E-state index contributed by atoms with van der Waals surface area (Å²) in [6.07, 6.45) is 8.31. The molecule has 2 nitrogen and oxygen atoms in total. The van der Waals surface area contributed by atoms with Gasteiger partial charge in [-0.05, 0) is 86.9 Å². The zero-order chi connectivity index (χ0) is 18.9. The number of hydrogen-bond acceptors (Lipinski definition) is 2. The zero-order valence-corrected chi connectivity index (χ0v) is 14.5. The van der Waals surface area contributed by atoms with Crippen LogP contribution in [0.1, 0.15) is 76.2 Å². The van der Waals surface area contributed by atoms with E-state index in [0.29, 0.717) is 36.9 Å². The van der Waals surface area contributed by atoms with E-state index in [1.807, 2.05) is 0 Å². The van der Waals surface area contributed by atoms with Crippen LogP contribution >= 0.6 is 0 Å². The van der Waals surface area contributed by atoms with E-state index in [0.717, 1.165) is 37.7 Å². The predicted octanol–water partition coefficient (Wildman–Crippen LogP) is 4.52. The first-order valence-corrected chi connectivity index (χ1v) is 9.49. The predicted molar refractivity (Wildman–Crippen MR) is 91.9 cm³/mol. The van der Waals surface area contributed by atoms with Crippen molar-refractivity contribution >= 4 is 5.78 Å². The molecule has 0 radical (unpaired) electrons. The highest BCUT2D eigenvalue weighted by Gasteiger charge is 2.59. The molecule has 0 aromatic heterocycles. The summed E-state index contributed by atoms with van der Waals surface area (Å²) in [6, 6.07) is 0. The molecule has 4 aliphatic rings. The Kier molecular flexibility index (Phi) is 2.86. The van der Waals surface area contributed by atoms with Crippen LogP contribution in [0.2, 0.25) is 0 Å². The average Bonchev–Trinajstić information content (AvgIpc) is 2.90. The third kappa shape index (κ3) is 2.13. The second kappa shape index (κ2) is 5.18. The summed E-state index contributed by atoms with van der Waals surface area (Å²) >= 11 is 0. The monoisotopic (exact) mass is 319 g/mol. The summed E-state index contributed by atoms with van der Waals surface area (Å²) in [5, 5.41) is 10.1. The first-order chi connectivity index (χ1) is 12.1. The molecular weight excluding hydrogens is 284 g/mol. The Morgan fingerprint density at radius 3 is 2.83 bits per heavy atom. The van der Waals surface area contributed by atoms with Crippen molar-refractivity contribution in [2.75, 3.05) is 0 Å². The van der Waals surface area contributed by atoms with Gasteiger partial charge in [-0.2, -0.15) is 0 Å². The van der Waals surface area contributed by atoms with Gasteiger partial charge in [-0.15, -0.1) is 0 Å².